The molecule has 0 radical (unpaired) electrons. The average Bonchev–Trinajstić information content (AvgIpc) is 2.88. The number of nitrogens with zero attached hydrogens (tertiary/aromatic N) is 1. The summed E-state index contributed by atoms with van der Waals surface area (Å²) in [5, 5.41) is 18.0. The van der Waals surface area contributed by atoms with E-state index in [1.54, 1.807) is 0 Å². The summed E-state index contributed by atoms with van der Waals surface area (Å²) in [6.07, 6.45) is 4.65. The molecule has 0 spiro atoms. The van der Waals surface area contributed by atoms with Crippen LogP contribution in [0.3, 0.4) is 0 Å². The Balaban J connectivity index is 1.87. The summed E-state index contributed by atoms with van der Waals surface area (Å²) in [4.78, 5) is 25.2. The van der Waals surface area contributed by atoms with Gasteiger partial charge in [-0.2, -0.15) is 0 Å². The molecule has 0 bridgehead atoms. The Hall–Kier alpha value is -1.10. The Morgan fingerprint density at radius 1 is 1.16 bits per heavy atom. The highest BCUT2D eigenvalue weighted by atomic mass is 16.4. The van der Waals surface area contributed by atoms with Gasteiger partial charge in [-0.3, -0.25) is 9.59 Å². The van der Waals surface area contributed by atoms with Crippen molar-refractivity contribution in [1.29, 1.82) is 0 Å². The van der Waals surface area contributed by atoms with Crippen molar-refractivity contribution in [2.24, 2.45) is 17.8 Å². The zero-order valence-corrected chi connectivity index (χ0v) is 11.3. The zero-order valence-electron chi connectivity index (χ0n) is 11.3. The number of piperidine rings is 1. The van der Waals surface area contributed by atoms with Crippen LogP contribution in [0.1, 0.15) is 38.5 Å². The van der Waals surface area contributed by atoms with Crippen LogP contribution in [-0.4, -0.2) is 46.7 Å². The minimum absolute atomic E-state index is 0.103. The summed E-state index contributed by atoms with van der Waals surface area (Å²) in [6, 6.07) is 0. The first-order valence-electron chi connectivity index (χ1n) is 7.24. The molecule has 2 N–H and O–H groups in total. The van der Waals surface area contributed by atoms with Crippen molar-refractivity contribution in [3.8, 4) is 0 Å². The third kappa shape index (κ3) is 3.47. The molecule has 2 rings (SSSR count). The Bertz CT molecular complexity index is 342. The fourth-order valence-corrected chi connectivity index (χ4v) is 3.37. The number of aliphatic hydroxyl groups is 1. The monoisotopic (exact) mass is 269 g/mol. The zero-order chi connectivity index (χ0) is 13.8. The smallest absolute Gasteiger partial charge is 0.306 e. The normalized spacial score (nSPS) is 31.4. The fraction of sp³-hybridized carbons (Fsp3) is 0.857. The summed E-state index contributed by atoms with van der Waals surface area (Å²) in [5.41, 5.74) is 0. The van der Waals surface area contributed by atoms with Gasteiger partial charge in [0.1, 0.15) is 0 Å². The van der Waals surface area contributed by atoms with Gasteiger partial charge in [0.15, 0.2) is 0 Å². The molecule has 1 unspecified atom stereocenters. The Morgan fingerprint density at radius 2 is 1.89 bits per heavy atom. The molecule has 1 aliphatic heterocycles. The lowest BCUT2D eigenvalue weighted by Gasteiger charge is -2.34. The Labute approximate surface area is 113 Å². The number of carboxylic acids is 1. The van der Waals surface area contributed by atoms with E-state index in [4.69, 9.17) is 10.2 Å². The highest BCUT2D eigenvalue weighted by Gasteiger charge is 2.36. The summed E-state index contributed by atoms with van der Waals surface area (Å²) >= 11 is 0. The number of carbonyl (C=O) groups excluding carboxylic acids is 1. The first kappa shape index (κ1) is 14.3. The Morgan fingerprint density at radius 3 is 2.53 bits per heavy atom. The van der Waals surface area contributed by atoms with E-state index >= 15 is 0 Å². The van der Waals surface area contributed by atoms with Crippen molar-refractivity contribution in [3.63, 3.8) is 0 Å². The maximum atomic E-state index is 12.4. The van der Waals surface area contributed by atoms with E-state index in [-0.39, 0.29) is 24.3 Å². The summed E-state index contributed by atoms with van der Waals surface area (Å²) in [7, 11) is 0. The first-order chi connectivity index (χ1) is 9.11. The van der Waals surface area contributed by atoms with Crippen LogP contribution >= 0.6 is 0 Å². The van der Waals surface area contributed by atoms with Crippen LogP contribution in [-0.2, 0) is 9.59 Å². The van der Waals surface area contributed by atoms with Crippen molar-refractivity contribution in [1.82, 2.24) is 4.90 Å². The molecule has 1 saturated heterocycles. The predicted octanol–water partition coefficient (Wildman–Crippen LogP) is 1.11. The van der Waals surface area contributed by atoms with Crippen LogP contribution in [0.4, 0.5) is 0 Å². The molecule has 0 aromatic heterocycles. The molecule has 19 heavy (non-hydrogen) atoms. The lowest BCUT2D eigenvalue weighted by molar-refractivity contribution is -0.142. The van der Waals surface area contributed by atoms with Crippen LogP contribution in [0.15, 0.2) is 0 Å². The van der Waals surface area contributed by atoms with E-state index in [1.165, 1.54) is 0 Å². The molecule has 1 heterocycles. The second-order valence-electron chi connectivity index (χ2n) is 5.85. The standard InChI is InChI=1S/C14H23NO4/c16-7-5-10-2-1-6-15(9-10)13(17)11-3-4-12(8-11)14(18)19/h10-12,16H,1-9H2,(H,18,19)/t10?,11-,12+/m1/s1. The largest absolute Gasteiger partial charge is 0.481 e. The van der Waals surface area contributed by atoms with Crippen molar-refractivity contribution in [3.05, 3.63) is 0 Å². The molecule has 1 aliphatic carbocycles. The fourth-order valence-electron chi connectivity index (χ4n) is 3.37. The average molecular weight is 269 g/mol. The van der Waals surface area contributed by atoms with Crippen LogP contribution in [0.5, 0.6) is 0 Å². The molecule has 2 aliphatic rings. The van der Waals surface area contributed by atoms with Crippen LogP contribution < -0.4 is 0 Å². The molecular formula is C14H23NO4. The number of hydrogen-bond donors (Lipinski definition) is 2. The summed E-state index contributed by atoms with van der Waals surface area (Å²) < 4.78 is 0. The van der Waals surface area contributed by atoms with Gasteiger partial charge >= 0.3 is 5.97 Å². The van der Waals surface area contributed by atoms with Gasteiger partial charge in [-0.05, 0) is 44.4 Å². The van der Waals surface area contributed by atoms with Gasteiger partial charge in [-0.15, -0.1) is 0 Å². The number of rotatable bonds is 4. The lowest BCUT2D eigenvalue weighted by Crippen LogP contribution is -2.42. The number of hydrogen-bond acceptors (Lipinski definition) is 3. The van der Waals surface area contributed by atoms with Gasteiger partial charge in [-0.25, -0.2) is 0 Å². The maximum absolute atomic E-state index is 12.4. The molecule has 1 amide bonds. The molecule has 5 heteroatoms. The van der Waals surface area contributed by atoms with E-state index < -0.39 is 5.97 Å². The van der Waals surface area contributed by atoms with Gasteiger partial charge in [-0.1, -0.05) is 0 Å². The van der Waals surface area contributed by atoms with Gasteiger partial charge in [0, 0.05) is 25.6 Å². The van der Waals surface area contributed by atoms with E-state index in [2.05, 4.69) is 0 Å². The van der Waals surface area contributed by atoms with Gasteiger partial charge in [0.2, 0.25) is 5.91 Å². The highest BCUT2D eigenvalue weighted by Crippen LogP contribution is 2.33. The van der Waals surface area contributed by atoms with E-state index in [0.717, 1.165) is 32.4 Å². The number of likely N-dealkylation sites (tertiary alicyclic amines) is 1. The van der Waals surface area contributed by atoms with Crippen LogP contribution in [0, 0.1) is 17.8 Å². The van der Waals surface area contributed by atoms with E-state index in [1.807, 2.05) is 4.90 Å². The molecule has 108 valence electrons. The maximum Gasteiger partial charge on any atom is 0.306 e. The molecule has 0 aromatic rings. The second-order valence-corrected chi connectivity index (χ2v) is 5.85. The van der Waals surface area contributed by atoms with E-state index in [9.17, 15) is 9.59 Å². The molecule has 3 atom stereocenters. The minimum atomic E-state index is -0.771. The number of aliphatic carboxylic acids is 1. The topological polar surface area (TPSA) is 77.8 Å². The van der Waals surface area contributed by atoms with Gasteiger partial charge < -0.3 is 15.1 Å². The number of aliphatic hydroxyl groups excluding tert-OH is 1. The first-order valence-corrected chi connectivity index (χ1v) is 7.24. The third-order valence-electron chi connectivity index (χ3n) is 4.50. The molecule has 5 nitrogen and oxygen atoms in total. The molecule has 0 aromatic carbocycles. The van der Waals surface area contributed by atoms with Crippen LogP contribution in [0.2, 0.25) is 0 Å². The van der Waals surface area contributed by atoms with Gasteiger partial charge in [0.05, 0.1) is 5.92 Å². The number of amides is 1. The predicted molar refractivity (Wildman–Crippen MR) is 69.5 cm³/mol. The highest BCUT2D eigenvalue weighted by molar-refractivity contribution is 5.81. The summed E-state index contributed by atoms with van der Waals surface area (Å²) in [6.45, 7) is 1.69. The van der Waals surface area contributed by atoms with Crippen LogP contribution in [0.25, 0.3) is 0 Å². The van der Waals surface area contributed by atoms with Crippen molar-refractivity contribution < 1.29 is 19.8 Å². The second kappa shape index (κ2) is 6.37. The summed E-state index contributed by atoms with van der Waals surface area (Å²) in [5.74, 6) is -0.682. The molecule has 2 fully saturated rings. The SMILES string of the molecule is O=C(O)[C@H]1CC[C@@H](C(=O)N2CCCC(CCO)C2)C1. The van der Waals surface area contributed by atoms with Crippen molar-refractivity contribution in [2.45, 2.75) is 38.5 Å². The third-order valence-corrected chi connectivity index (χ3v) is 4.50. The quantitative estimate of drug-likeness (QED) is 0.801. The number of carboxylic acid groups (broad SMARTS) is 1. The van der Waals surface area contributed by atoms with Gasteiger partial charge in [0.25, 0.3) is 0 Å². The molecular weight excluding hydrogens is 246 g/mol. The minimum Gasteiger partial charge on any atom is -0.481 e. The number of carbonyl (C=O) groups is 2. The van der Waals surface area contributed by atoms with Crippen molar-refractivity contribution in [2.75, 3.05) is 19.7 Å². The van der Waals surface area contributed by atoms with E-state index in [0.29, 0.717) is 25.2 Å². The van der Waals surface area contributed by atoms with Crippen molar-refractivity contribution >= 4 is 11.9 Å². The lowest BCUT2D eigenvalue weighted by atomic mass is 9.93. The molecule has 1 saturated carbocycles. The Kier molecular flexibility index (Phi) is 4.80.